The molecule has 21 nitrogen and oxygen atoms in total. The lowest BCUT2D eigenvalue weighted by Gasteiger charge is -2.35. The minimum atomic E-state index is -4.50. The number of rotatable bonds is 9. The summed E-state index contributed by atoms with van der Waals surface area (Å²) in [5, 5.41) is 6.12. The molecule has 2 aromatic carbocycles. The molecule has 4 aromatic heterocycles. The molecule has 4 N–H and O–H groups in total. The molecule has 0 aliphatic carbocycles. The normalized spacial score (nSPS) is 21.3. The molecule has 412 valence electrons. The van der Waals surface area contributed by atoms with Gasteiger partial charge in [0.25, 0.3) is 0 Å². The molecule has 78 heavy (non-hydrogen) atoms. The molecule has 12 rings (SSSR count). The van der Waals surface area contributed by atoms with Crippen molar-refractivity contribution >= 4 is 40.4 Å². The third kappa shape index (κ3) is 12.6. The van der Waals surface area contributed by atoms with Crippen molar-refractivity contribution in [3.63, 3.8) is 0 Å². The molecule has 4 bridgehead atoms. The molecule has 6 aromatic rings. The first-order valence-corrected chi connectivity index (χ1v) is 24.9. The van der Waals surface area contributed by atoms with Gasteiger partial charge in [-0.25, -0.2) is 44.7 Å². The zero-order valence-corrected chi connectivity index (χ0v) is 42.6. The largest absolute Gasteiger partial charge is 0.461 e. The Kier molecular flexibility index (Phi) is 14.8. The van der Waals surface area contributed by atoms with Gasteiger partial charge in [-0.3, -0.25) is 4.90 Å². The number of carbonyl (C=O) groups excluding carboxylic acids is 1. The zero-order chi connectivity index (χ0) is 55.0. The Morgan fingerprint density at radius 2 is 1.23 bits per heavy atom. The molecule has 6 aliphatic heterocycles. The van der Waals surface area contributed by atoms with Gasteiger partial charge in [0.15, 0.2) is 34.9 Å². The number of nitrogens with one attached hydrogen (secondary N) is 2. The van der Waals surface area contributed by atoms with Crippen LogP contribution in [-0.2, 0) is 31.3 Å². The fraction of sp³-hybridized carbons (Fsp3) is 0.431. The Labute approximate surface area is 442 Å². The van der Waals surface area contributed by atoms with E-state index in [1.54, 1.807) is 18.5 Å². The van der Waals surface area contributed by atoms with Crippen LogP contribution in [0.4, 0.5) is 65.5 Å². The second-order valence-electron chi connectivity index (χ2n) is 19.8. The maximum absolute atomic E-state index is 13.5. The van der Waals surface area contributed by atoms with Crippen molar-refractivity contribution in [3.8, 4) is 34.8 Å². The van der Waals surface area contributed by atoms with Gasteiger partial charge in [0.1, 0.15) is 25.4 Å². The minimum Gasteiger partial charge on any atom is -0.461 e. The molecular formula is C51H54F6N14O7. The van der Waals surface area contributed by atoms with E-state index < -0.39 is 41.1 Å². The van der Waals surface area contributed by atoms with Crippen molar-refractivity contribution in [1.82, 2.24) is 39.9 Å². The molecule has 27 heteroatoms. The lowest BCUT2D eigenvalue weighted by Crippen LogP contribution is -2.48. The summed E-state index contributed by atoms with van der Waals surface area (Å²) in [6.45, 7) is 12.1. The highest BCUT2D eigenvalue weighted by Crippen LogP contribution is 2.41. The Balaban J connectivity index is 0.000000151. The number of nitrogens with two attached hydrogens (primary N) is 1. The van der Waals surface area contributed by atoms with Crippen LogP contribution >= 0.6 is 0 Å². The number of benzene rings is 2. The Bertz CT molecular complexity index is 3100. The predicted molar refractivity (Wildman–Crippen MR) is 271 cm³/mol. The summed E-state index contributed by atoms with van der Waals surface area (Å²) in [4.78, 5) is 52.9. The van der Waals surface area contributed by atoms with Crippen LogP contribution in [0.5, 0.6) is 12.0 Å². The van der Waals surface area contributed by atoms with Crippen LogP contribution in [0.15, 0.2) is 85.7 Å². The van der Waals surface area contributed by atoms with Gasteiger partial charge in [0.2, 0.25) is 0 Å². The number of nitrogens with zero attached hydrogens (tertiary/aromatic N) is 11. The number of nitrogen functional groups attached to an aromatic ring is 1. The van der Waals surface area contributed by atoms with Crippen molar-refractivity contribution < 1.29 is 59.6 Å². The lowest BCUT2D eigenvalue weighted by molar-refractivity contribution is -0.142. The quantitative estimate of drug-likeness (QED) is 0.117. The number of fused-ring (bicyclic) bond motifs is 8. The first-order chi connectivity index (χ1) is 37.1. The van der Waals surface area contributed by atoms with E-state index in [1.807, 2.05) is 27.7 Å². The third-order valence-electron chi connectivity index (χ3n) is 13.1. The number of ether oxygens (including phenoxy) is 6. The Morgan fingerprint density at radius 1 is 0.705 bits per heavy atom. The second-order valence-corrected chi connectivity index (χ2v) is 19.8. The zero-order valence-electron chi connectivity index (χ0n) is 42.6. The van der Waals surface area contributed by atoms with Gasteiger partial charge in [-0.15, -0.1) is 0 Å². The first-order valence-electron chi connectivity index (χ1n) is 24.9. The number of anilines is 6. The molecule has 0 saturated carbocycles. The van der Waals surface area contributed by atoms with Crippen LogP contribution in [-0.4, -0.2) is 134 Å². The van der Waals surface area contributed by atoms with E-state index in [0.717, 1.165) is 49.5 Å². The maximum Gasteiger partial charge on any atom is 0.416 e. The van der Waals surface area contributed by atoms with Crippen LogP contribution < -0.4 is 40.5 Å². The number of hydrogen-bond acceptors (Lipinski definition) is 19. The molecule has 4 saturated heterocycles. The lowest BCUT2D eigenvalue weighted by atomic mass is 10.1. The molecule has 2 amide bonds. The number of hydrogen-bond donors (Lipinski definition) is 3. The summed E-state index contributed by atoms with van der Waals surface area (Å²) >= 11 is 0. The van der Waals surface area contributed by atoms with Crippen molar-refractivity contribution in [3.05, 3.63) is 96.8 Å². The van der Waals surface area contributed by atoms with Crippen LogP contribution in [0.2, 0.25) is 0 Å². The third-order valence-corrected chi connectivity index (χ3v) is 13.1. The summed E-state index contributed by atoms with van der Waals surface area (Å²) in [5.74, 6) is 0.239. The van der Waals surface area contributed by atoms with Crippen molar-refractivity contribution in [2.75, 3.05) is 83.7 Å². The smallest absolute Gasteiger partial charge is 0.416 e. The van der Waals surface area contributed by atoms with E-state index in [2.05, 4.69) is 60.3 Å². The van der Waals surface area contributed by atoms with Crippen LogP contribution in [0.1, 0.15) is 51.7 Å². The monoisotopic (exact) mass is 1090 g/mol. The van der Waals surface area contributed by atoms with E-state index in [4.69, 9.17) is 34.2 Å². The molecule has 6 aliphatic rings. The highest BCUT2D eigenvalue weighted by atomic mass is 19.4. The summed E-state index contributed by atoms with van der Waals surface area (Å²) in [6, 6.07) is 10.0. The van der Waals surface area contributed by atoms with E-state index in [-0.39, 0.29) is 42.3 Å². The van der Waals surface area contributed by atoms with Crippen LogP contribution in [0.25, 0.3) is 22.8 Å². The fourth-order valence-corrected chi connectivity index (χ4v) is 9.39. The average molecular weight is 1090 g/mol. The molecule has 4 fully saturated rings. The molecule has 4 atom stereocenters. The van der Waals surface area contributed by atoms with Gasteiger partial charge in [-0.2, -0.15) is 26.3 Å². The highest BCUT2D eigenvalue weighted by Gasteiger charge is 2.42. The number of alkyl halides is 6. The van der Waals surface area contributed by atoms with Gasteiger partial charge < -0.3 is 54.6 Å². The SMILES string of the molecule is CC1(C)OC[C@@H](COc2ncc(N)cn2)O1.CC1(C)OC[C@@H](COc2ncc(NC(=O)N3c4nc(-c5cccc(C(F)(F)F)c5)ncc4N4CC[C@H]3C4)cn2)O1.FC(F)(F)c1cccc(-c2ncc3c(n2)N[C@H]2CCN3C2)c1. The molecule has 0 radical (unpaired) electrons. The van der Waals surface area contributed by atoms with Crippen molar-refractivity contribution in [2.45, 2.75) is 88.8 Å². The second kappa shape index (κ2) is 21.6. The van der Waals surface area contributed by atoms with Gasteiger partial charge in [-0.05, 0) is 64.8 Å². The fourth-order valence-electron chi connectivity index (χ4n) is 9.39. The van der Waals surface area contributed by atoms with Gasteiger partial charge in [0.05, 0.1) is 90.3 Å². The number of aromatic nitrogens is 8. The molecule has 10 heterocycles. The minimum absolute atomic E-state index is 0.0869. The first kappa shape index (κ1) is 53.6. The predicted octanol–water partition coefficient (Wildman–Crippen LogP) is 7.87. The van der Waals surface area contributed by atoms with Gasteiger partial charge in [0, 0.05) is 43.3 Å². The number of amides is 2. The van der Waals surface area contributed by atoms with E-state index in [0.29, 0.717) is 91.5 Å². The summed E-state index contributed by atoms with van der Waals surface area (Å²) in [5.41, 5.74) is 6.94. The topological polar surface area (TPSA) is 235 Å². The van der Waals surface area contributed by atoms with Crippen molar-refractivity contribution in [2.24, 2.45) is 0 Å². The maximum atomic E-state index is 13.5. The van der Waals surface area contributed by atoms with E-state index >= 15 is 0 Å². The number of halogens is 6. The average Bonchev–Trinajstić information content (AvgIpc) is 4.37. The van der Waals surface area contributed by atoms with Gasteiger partial charge in [-0.1, -0.05) is 24.3 Å². The summed E-state index contributed by atoms with van der Waals surface area (Å²) < 4.78 is 111. The molecule has 0 unspecified atom stereocenters. The number of urea groups is 1. The van der Waals surface area contributed by atoms with Crippen molar-refractivity contribution in [1.29, 1.82) is 0 Å². The highest BCUT2D eigenvalue weighted by molar-refractivity contribution is 6.04. The van der Waals surface area contributed by atoms with E-state index in [9.17, 15) is 31.1 Å². The van der Waals surface area contributed by atoms with E-state index in [1.165, 1.54) is 47.9 Å². The Hall–Kier alpha value is -7.75. The number of carbonyl (C=O) groups is 1. The van der Waals surface area contributed by atoms with Crippen LogP contribution in [0.3, 0.4) is 0 Å². The molecular weight excluding hydrogens is 1030 g/mol. The standard InChI is InChI=1S/C26H26F3N7O4.C15H13F3N4.C10H15N3O3/c1-25(2)39-14-19(40-25)13-38-23-31-9-17(10-32-23)33-24(37)36-18-6-7-35(12-18)20-11-30-21(34-22(20)36)15-4-3-5-16(8-15)26(27,28)29;16-15(17,18)10-3-1-2-9(6-10)13-19-7-12-14(21-13)20-11-4-5-22(12)8-11;1-10(2)15-6-8(16-10)5-14-9-12-3-7(11)4-13-9/h3-5,8-11,18-19H,6-7,12-14H2,1-2H3,(H,33,37);1-3,6-7,11H,4-5,8H2,(H,19,20,21);3-4,8H,5-6,11H2,1-2H3/t18-,19+;11-;8-/m001/s1. The summed E-state index contributed by atoms with van der Waals surface area (Å²) in [6.07, 6.45) is 1.63. The summed E-state index contributed by atoms with van der Waals surface area (Å²) in [7, 11) is 0. The van der Waals surface area contributed by atoms with Gasteiger partial charge >= 0.3 is 30.4 Å². The molecule has 0 spiro atoms. The Morgan fingerprint density at radius 3 is 1.78 bits per heavy atom. The van der Waals surface area contributed by atoms with Crippen LogP contribution in [0, 0.1) is 0 Å².